The first-order chi connectivity index (χ1) is 15.1. The number of benzene rings is 2. The summed E-state index contributed by atoms with van der Waals surface area (Å²) in [5.74, 6) is 1.40. The molecule has 170 valence electrons. The first-order valence-corrected chi connectivity index (χ1v) is 12.6. The van der Waals surface area contributed by atoms with Crippen molar-refractivity contribution in [2.45, 2.75) is 89.9 Å². The molecule has 2 aromatic rings. The van der Waals surface area contributed by atoms with E-state index in [9.17, 15) is 8.78 Å². The molecular weight excluding hydrogens is 390 g/mol. The molecule has 2 saturated carbocycles. The molecule has 0 spiro atoms. The van der Waals surface area contributed by atoms with E-state index in [4.69, 9.17) is 4.74 Å². The van der Waals surface area contributed by atoms with Gasteiger partial charge in [-0.25, -0.2) is 4.39 Å². The van der Waals surface area contributed by atoms with E-state index in [1.54, 1.807) is 6.07 Å². The highest BCUT2D eigenvalue weighted by atomic mass is 19.2. The molecule has 2 unspecified atom stereocenters. The molecule has 0 bridgehead atoms. The van der Waals surface area contributed by atoms with E-state index in [0.717, 1.165) is 17.8 Å². The predicted octanol–water partition coefficient (Wildman–Crippen LogP) is 8.79. The van der Waals surface area contributed by atoms with Crippen LogP contribution in [0.5, 0.6) is 5.75 Å². The van der Waals surface area contributed by atoms with Crippen molar-refractivity contribution in [1.82, 2.24) is 0 Å². The minimum absolute atomic E-state index is 0.0274. The zero-order valence-electron chi connectivity index (χ0n) is 19.3. The fraction of sp³-hybridized carbons (Fsp3) is 0.643. The lowest BCUT2D eigenvalue weighted by Crippen LogP contribution is -2.30. The van der Waals surface area contributed by atoms with Crippen LogP contribution in [0.3, 0.4) is 0 Å². The first kappa shape index (κ1) is 22.6. The second-order valence-corrected chi connectivity index (χ2v) is 10.1. The molecule has 1 nitrogen and oxygen atoms in total. The van der Waals surface area contributed by atoms with E-state index in [2.05, 4.69) is 13.0 Å². The third-order valence-electron chi connectivity index (χ3n) is 8.14. The Morgan fingerprint density at radius 2 is 1.65 bits per heavy atom. The summed E-state index contributed by atoms with van der Waals surface area (Å²) in [6, 6.07) is 7.53. The highest BCUT2D eigenvalue weighted by Gasteiger charge is 2.35. The van der Waals surface area contributed by atoms with Crippen LogP contribution in [-0.4, -0.2) is 7.11 Å². The van der Waals surface area contributed by atoms with Gasteiger partial charge in [0, 0.05) is 5.39 Å². The smallest absolute Gasteiger partial charge is 0.201 e. The Labute approximate surface area is 186 Å². The number of hydrogen-bond donors (Lipinski definition) is 0. The van der Waals surface area contributed by atoms with E-state index < -0.39 is 11.6 Å². The lowest BCUT2D eigenvalue weighted by molar-refractivity contribution is 0.113. The summed E-state index contributed by atoms with van der Waals surface area (Å²) in [6.07, 6.45) is 16.2. The molecule has 4 rings (SSSR count). The van der Waals surface area contributed by atoms with Gasteiger partial charge in [0.2, 0.25) is 5.82 Å². The molecule has 4 atom stereocenters. The Balaban J connectivity index is 1.37. The molecule has 31 heavy (non-hydrogen) atoms. The van der Waals surface area contributed by atoms with Gasteiger partial charge in [0.25, 0.3) is 0 Å². The van der Waals surface area contributed by atoms with E-state index in [-0.39, 0.29) is 5.75 Å². The average molecular weight is 429 g/mol. The summed E-state index contributed by atoms with van der Waals surface area (Å²) < 4.78 is 33.8. The van der Waals surface area contributed by atoms with Crippen LogP contribution in [0, 0.1) is 29.4 Å². The summed E-state index contributed by atoms with van der Waals surface area (Å²) in [6.45, 7) is 2.28. The quantitative estimate of drug-likeness (QED) is 0.382. The van der Waals surface area contributed by atoms with Gasteiger partial charge in [0.15, 0.2) is 11.6 Å². The normalized spacial score (nSPS) is 26.1. The highest BCUT2D eigenvalue weighted by Crippen LogP contribution is 2.48. The molecule has 0 radical (unpaired) electrons. The second-order valence-electron chi connectivity index (χ2n) is 10.1. The van der Waals surface area contributed by atoms with Crippen LogP contribution in [0.4, 0.5) is 8.78 Å². The Morgan fingerprint density at radius 3 is 2.45 bits per heavy atom. The van der Waals surface area contributed by atoms with Gasteiger partial charge in [0.05, 0.1) is 7.11 Å². The summed E-state index contributed by atoms with van der Waals surface area (Å²) in [4.78, 5) is 0. The Morgan fingerprint density at radius 1 is 0.871 bits per heavy atom. The number of halogens is 2. The van der Waals surface area contributed by atoms with Gasteiger partial charge in [-0.15, -0.1) is 0 Å². The molecule has 2 aliphatic carbocycles. The van der Waals surface area contributed by atoms with E-state index in [0.29, 0.717) is 16.7 Å². The van der Waals surface area contributed by atoms with Crippen molar-refractivity contribution in [3.05, 3.63) is 41.5 Å². The summed E-state index contributed by atoms with van der Waals surface area (Å²) in [5, 5.41) is 1.08. The Kier molecular flexibility index (Phi) is 7.51. The molecule has 0 heterocycles. The van der Waals surface area contributed by atoms with Gasteiger partial charge in [-0.3, -0.25) is 0 Å². The molecule has 3 heteroatoms. The molecular formula is C28H38F2O. The average Bonchev–Trinajstić information content (AvgIpc) is 2.80. The van der Waals surface area contributed by atoms with Gasteiger partial charge in [0.1, 0.15) is 0 Å². The van der Waals surface area contributed by atoms with E-state index in [1.165, 1.54) is 89.7 Å². The van der Waals surface area contributed by atoms with Crippen molar-refractivity contribution in [2.75, 3.05) is 7.11 Å². The van der Waals surface area contributed by atoms with Gasteiger partial charge in [-0.1, -0.05) is 64.0 Å². The molecule has 0 N–H and O–H groups in total. The summed E-state index contributed by atoms with van der Waals surface area (Å²) in [7, 11) is 1.37. The number of rotatable bonds is 8. The third-order valence-corrected chi connectivity index (χ3v) is 8.14. The van der Waals surface area contributed by atoms with Crippen LogP contribution in [0.25, 0.3) is 10.8 Å². The van der Waals surface area contributed by atoms with Crippen LogP contribution >= 0.6 is 0 Å². The molecule has 0 saturated heterocycles. The van der Waals surface area contributed by atoms with Crippen LogP contribution in [0.2, 0.25) is 0 Å². The minimum Gasteiger partial charge on any atom is -0.494 e. The van der Waals surface area contributed by atoms with Crippen molar-refractivity contribution in [3.63, 3.8) is 0 Å². The fourth-order valence-corrected chi connectivity index (χ4v) is 6.31. The largest absolute Gasteiger partial charge is 0.494 e. The topological polar surface area (TPSA) is 9.23 Å². The maximum absolute atomic E-state index is 14.6. The first-order valence-electron chi connectivity index (χ1n) is 12.6. The van der Waals surface area contributed by atoms with Crippen LogP contribution in [0.1, 0.15) is 95.5 Å². The maximum Gasteiger partial charge on any atom is 0.201 e. The van der Waals surface area contributed by atoms with Crippen LogP contribution in [-0.2, 0) is 0 Å². The monoisotopic (exact) mass is 428 g/mol. The molecule has 2 aromatic carbocycles. The highest BCUT2D eigenvalue weighted by molar-refractivity contribution is 5.85. The van der Waals surface area contributed by atoms with Crippen molar-refractivity contribution in [2.24, 2.45) is 17.8 Å². The van der Waals surface area contributed by atoms with Gasteiger partial charge >= 0.3 is 0 Å². The molecule has 2 fully saturated rings. The number of hydrogen-bond acceptors (Lipinski definition) is 1. The molecule has 0 amide bonds. The van der Waals surface area contributed by atoms with Gasteiger partial charge in [-0.05, 0) is 78.9 Å². The van der Waals surface area contributed by atoms with Crippen molar-refractivity contribution in [1.29, 1.82) is 0 Å². The van der Waals surface area contributed by atoms with Crippen molar-refractivity contribution < 1.29 is 13.5 Å². The second kappa shape index (κ2) is 10.3. The number of unbranched alkanes of at least 4 members (excludes halogenated alkanes) is 4. The summed E-state index contributed by atoms with van der Waals surface area (Å²) >= 11 is 0. The predicted molar refractivity (Wildman–Crippen MR) is 125 cm³/mol. The summed E-state index contributed by atoms with van der Waals surface area (Å²) in [5.41, 5.74) is 1.17. The molecule has 0 aromatic heterocycles. The van der Waals surface area contributed by atoms with Crippen LogP contribution in [0.15, 0.2) is 24.3 Å². The van der Waals surface area contributed by atoms with E-state index >= 15 is 0 Å². The third kappa shape index (κ3) is 5.07. The van der Waals surface area contributed by atoms with Gasteiger partial charge < -0.3 is 4.74 Å². The zero-order chi connectivity index (χ0) is 21.8. The fourth-order valence-electron chi connectivity index (χ4n) is 6.31. The SMILES string of the molecule is CCCCCCCC1CCC2C[C@H](c3ccc4cc(OC)c(F)c(F)c4c3)CC[C@@H]2C1. The van der Waals surface area contributed by atoms with E-state index in [1.807, 2.05) is 12.1 Å². The zero-order valence-corrected chi connectivity index (χ0v) is 19.3. The molecule has 2 aliphatic rings. The lowest BCUT2D eigenvalue weighted by Gasteiger charge is -2.42. The number of ether oxygens (including phenoxy) is 1. The Bertz CT molecular complexity index is 877. The maximum atomic E-state index is 14.6. The Hall–Kier alpha value is -1.64. The van der Waals surface area contributed by atoms with Crippen LogP contribution < -0.4 is 4.74 Å². The van der Waals surface area contributed by atoms with Crippen molar-refractivity contribution in [3.8, 4) is 5.75 Å². The van der Waals surface area contributed by atoms with Crippen molar-refractivity contribution >= 4 is 10.8 Å². The standard InChI is InChI=1S/C28H38F2O/c1-3-4-5-6-7-8-19-9-10-21-16-22(12-11-20(21)15-19)23-13-14-24-18-26(31-2)28(30)27(29)25(24)17-23/h13-14,17-22H,3-12,15-16H2,1-2H3/t19?,20-,21?,22-/m1/s1. The van der Waals surface area contributed by atoms with Gasteiger partial charge in [-0.2, -0.15) is 4.39 Å². The number of fused-ring (bicyclic) bond motifs is 2. The molecule has 0 aliphatic heterocycles. The minimum atomic E-state index is -0.885. The lowest BCUT2D eigenvalue weighted by atomic mass is 9.63. The number of methoxy groups -OCH3 is 1.